The fourth-order valence-corrected chi connectivity index (χ4v) is 3.23. The Morgan fingerprint density at radius 2 is 1.88 bits per heavy atom. The molecule has 26 heavy (non-hydrogen) atoms. The first-order valence-electron chi connectivity index (χ1n) is 7.90. The summed E-state index contributed by atoms with van der Waals surface area (Å²) in [5.74, 6) is -0.0507. The molecular formula is C19H19Cl2NO3S. The van der Waals surface area contributed by atoms with Crippen LogP contribution in [0.1, 0.15) is 16.7 Å². The van der Waals surface area contributed by atoms with Crippen LogP contribution in [-0.4, -0.2) is 24.2 Å². The molecule has 1 amide bonds. The van der Waals surface area contributed by atoms with E-state index in [9.17, 15) is 9.59 Å². The van der Waals surface area contributed by atoms with Gasteiger partial charge in [0.15, 0.2) is 6.61 Å². The molecule has 0 bridgehead atoms. The Hall–Kier alpha value is -1.69. The third-order valence-corrected chi connectivity index (χ3v) is 5.43. The number of esters is 1. The zero-order chi connectivity index (χ0) is 19.1. The fraction of sp³-hybridized carbons (Fsp3) is 0.263. The number of carbonyl (C=O) groups is 2. The van der Waals surface area contributed by atoms with Crippen molar-refractivity contribution in [2.75, 3.05) is 17.7 Å². The first-order chi connectivity index (χ1) is 12.4. The smallest absolute Gasteiger partial charge is 0.316 e. The predicted octanol–water partition coefficient (Wildman–Crippen LogP) is 5.03. The van der Waals surface area contributed by atoms with Crippen LogP contribution in [0, 0.1) is 13.8 Å². The lowest BCUT2D eigenvalue weighted by Gasteiger charge is -2.10. The molecule has 0 aliphatic rings. The van der Waals surface area contributed by atoms with Crippen LogP contribution in [0.3, 0.4) is 0 Å². The summed E-state index contributed by atoms with van der Waals surface area (Å²) in [6.07, 6.45) is 0. The van der Waals surface area contributed by atoms with Crippen molar-refractivity contribution in [2.45, 2.75) is 19.6 Å². The molecule has 2 aromatic carbocycles. The summed E-state index contributed by atoms with van der Waals surface area (Å²) in [6.45, 7) is 3.59. The van der Waals surface area contributed by atoms with Crippen molar-refractivity contribution in [3.05, 3.63) is 63.1 Å². The fourth-order valence-electron chi connectivity index (χ4n) is 2.14. The molecule has 0 atom stereocenters. The standard InChI is InChI=1S/C19H19Cl2NO3S/c1-12-4-3-5-17(13(12)2)22-18(23)9-25-19(24)11-26-10-14-6-7-15(20)16(21)8-14/h3-8H,9-11H2,1-2H3,(H,22,23). The minimum Gasteiger partial charge on any atom is -0.455 e. The number of halogens is 2. The highest BCUT2D eigenvalue weighted by molar-refractivity contribution is 7.99. The number of carbonyl (C=O) groups excluding carboxylic acids is 2. The lowest BCUT2D eigenvalue weighted by atomic mass is 10.1. The highest BCUT2D eigenvalue weighted by atomic mass is 35.5. The van der Waals surface area contributed by atoms with Gasteiger partial charge in [0.2, 0.25) is 0 Å². The highest BCUT2D eigenvalue weighted by Crippen LogP contribution is 2.24. The number of ether oxygens (including phenoxy) is 1. The Labute approximate surface area is 167 Å². The molecular weight excluding hydrogens is 393 g/mol. The average Bonchev–Trinajstić information content (AvgIpc) is 2.60. The lowest BCUT2D eigenvalue weighted by Crippen LogP contribution is -2.22. The molecule has 0 fully saturated rings. The Morgan fingerprint density at radius 3 is 2.62 bits per heavy atom. The van der Waals surface area contributed by atoms with Gasteiger partial charge in [0, 0.05) is 11.4 Å². The van der Waals surface area contributed by atoms with Gasteiger partial charge in [-0.15, -0.1) is 11.8 Å². The number of thioether (sulfide) groups is 1. The van der Waals surface area contributed by atoms with Gasteiger partial charge in [-0.2, -0.15) is 0 Å². The Kier molecular flexibility index (Phi) is 7.82. The van der Waals surface area contributed by atoms with Crippen molar-refractivity contribution in [1.29, 1.82) is 0 Å². The molecule has 0 saturated heterocycles. The molecule has 0 aliphatic carbocycles. The van der Waals surface area contributed by atoms with E-state index in [4.69, 9.17) is 27.9 Å². The SMILES string of the molecule is Cc1cccc(NC(=O)COC(=O)CSCc2ccc(Cl)c(Cl)c2)c1C. The van der Waals surface area contributed by atoms with Crippen LogP contribution < -0.4 is 5.32 Å². The minimum absolute atomic E-state index is 0.150. The summed E-state index contributed by atoms with van der Waals surface area (Å²) in [5, 5.41) is 3.73. The second kappa shape index (κ2) is 9.86. The Morgan fingerprint density at radius 1 is 1.12 bits per heavy atom. The third-order valence-electron chi connectivity index (χ3n) is 3.72. The van der Waals surface area contributed by atoms with Crippen LogP contribution in [0.5, 0.6) is 0 Å². The van der Waals surface area contributed by atoms with Crippen LogP contribution in [-0.2, 0) is 20.1 Å². The largest absolute Gasteiger partial charge is 0.455 e. The van der Waals surface area contributed by atoms with E-state index >= 15 is 0 Å². The van der Waals surface area contributed by atoms with Crippen LogP contribution >= 0.6 is 35.0 Å². The van der Waals surface area contributed by atoms with Crippen molar-refractivity contribution in [3.8, 4) is 0 Å². The van der Waals surface area contributed by atoms with E-state index in [0.29, 0.717) is 15.8 Å². The van der Waals surface area contributed by atoms with Gasteiger partial charge in [0.05, 0.1) is 15.8 Å². The quantitative estimate of drug-likeness (QED) is 0.649. The molecule has 4 nitrogen and oxygen atoms in total. The Balaban J connectivity index is 1.71. The first-order valence-corrected chi connectivity index (χ1v) is 9.81. The van der Waals surface area contributed by atoms with Crippen LogP contribution in [0.25, 0.3) is 0 Å². The van der Waals surface area contributed by atoms with Crippen molar-refractivity contribution >= 4 is 52.5 Å². The number of rotatable bonds is 7. The number of hydrogen-bond donors (Lipinski definition) is 1. The van der Waals surface area contributed by atoms with Crippen LogP contribution in [0.15, 0.2) is 36.4 Å². The molecule has 0 unspecified atom stereocenters. The molecule has 138 valence electrons. The molecule has 0 aliphatic heterocycles. The summed E-state index contributed by atoms with van der Waals surface area (Å²) >= 11 is 13.2. The molecule has 2 aromatic rings. The second-order valence-electron chi connectivity index (χ2n) is 5.70. The maximum Gasteiger partial charge on any atom is 0.316 e. The summed E-state index contributed by atoms with van der Waals surface area (Å²) in [6, 6.07) is 11.0. The molecule has 0 saturated carbocycles. The van der Waals surface area contributed by atoms with E-state index in [0.717, 1.165) is 22.4 Å². The maximum absolute atomic E-state index is 11.9. The van der Waals surface area contributed by atoms with Gasteiger partial charge in [-0.3, -0.25) is 9.59 Å². The number of amides is 1. The number of nitrogens with one attached hydrogen (secondary N) is 1. The van der Waals surface area contributed by atoms with Crippen molar-refractivity contribution in [3.63, 3.8) is 0 Å². The summed E-state index contributed by atoms with van der Waals surface area (Å²) < 4.78 is 5.01. The maximum atomic E-state index is 11.9. The highest BCUT2D eigenvalue weighted by Gasteiger charge is 2.10. The van der Waals surface area contributed by atoms with Gasteiger partial charge in [-0.25, -0.2) is 0 Å². The molecule has 0 heterocycles. The summed E-state index contributed by atoms with van der Waals surface area (Å²) in [7, 11) is 0. The lowest BCUT2D eigenvalue weighted by molar-refractivity contribution is -0.144. The number of hydrogen-bond acceptors (Lipinski definition) is 4. The van der Waals surface area contributed by atoms with Gasteiger partial charge >= 0.3 is 5.97 Å². The predicted molar refractivity (Wildman–Crippen MR) is 108 cm³/mol. The third kappa shape index (κ3) is 6.24. The molecule has 0 radical (unpaired) electrons. The zero-order valence-electron chi connectivity index (χ0n) is 14.5. The normalized spacial score (nSPS) is 10.5. The minimum atomic E-state index is -0.439. The van der Waals surface area contributed by atoms with Crippen molar-refractivity contribution in [1.82, 2.24) is 0 Å². The first kappa shape index (κ1) is 20.6. The van der Waals surface area contributed by atoms with E-state index in [1.165, 1.54) is 11.8 Å². The van der Waals surface area contributed by atoms with E-state index in [1.807, 2.05) is 38.1 Å². The number of aryl methyl sites for hydroxylation is 1. The molecule has 0 spiro atoms. The van der Waals surface area contributed by atoms with Crippen molar-refractivity contribution < 1.29 is 14.3 Å². The van der Waals surface area contributed by atoms with Gasteiger partial charge in [0.25, 0.3) is 5.91 Å². The van der Waals surface area contributed by atoms with Crippen LogP contribution in [0.4, 0.5) is 5.69 Å². The van der Waals surface area contributed by atoms with E-state index in [-0.39, 0.29) is 18.3 Å². The molecule has 0 aromatic heterocycles. The second-order valence-corrected chi connectivity index (χ2v) is 7.50. The van der Waals surface area contributed by atoms with E-state index < -0.39 is 5.97 Å². The van der Waals surface area contributed by atoms with Gasteiger partial charge < -0.3 is 10.1 Å². The van der Waals surface area contributed by atoms with Crippen molar-refractivity contribution in [2.24, 2.45) is 0 Å². The monoisotopic (exact) mass is 411 g/mol. The molecule has 1 N–H and O–H groups in total. The molecule has 7 heteroatoms. The van der Waals surface area contributed by atoms with Gasteiger partial charge in [0.1, 0.15) is 0 Å². The van der Waals surface area contributed by atoms with E-state index in [1.54, 1.807) is 12.1 Å². The summed E-state index contributed by atoms with van der Waals surface area (Å²) in [4.78, 5) is 23.7. The topological polar surface area (TPSA) is 55.4 Å². The van der Waals surface area contributed by atoms with Gasteiger partial charge in [-0.1, -0.05) is 41.4 Å². The van der Waals surface area contributed by atoms with E-state index in [2.05, 4.69) is 5.32 Å². The Bertz CT molecular complexity index is 811. The number of benzene rings is 2. The zero-order valence-corrected chi connectivity index (χ0v) is 16.8. The summed E-state index contributed by atoms with van der Waals surface area (Å²) in [5.41, 5.74) is 3.76. The number of anilines is 1. The average molecular weight is 412 g/mol. The van der Waals surface area contributed by atoms with Crippen LogP contribution in [0.2, 0.25) is 10.0 Å². The molecule has 2 rings (SSSR count). The van der Waals surface area contributed by atoms with Gasteiger partial charge in [-0.05, 0) is 48.7 Å².